The smallest absolute Gasteiger partial charge is 0.257 e. The van der Waals surface area contributed by atoms with E-state index in [0.717, 1.165) is 18.5 Å². The van der Waals surface area contributed by atoms with E-state index in [2.05, 4.69) is 25.5 Å². The number of aromatic amines is 1. The summed E-state index contributed by atoms with van der Waals surface area (Å²) in [6, 6.07) is 0. The van der Waals surface area contributed by atoms with Crippen molar-refractivity contribution >= 4 is 11.8 Å². The van der Waals surface area contributed by atoms with Crippen LogP contribution in [0.15, 0.2) is 24.9 Å². The van der Waals surface area contributed by atoms with Crippen LogP contribution in [-0.4, -0.2) is 57.0 Å². The summed E-state index contributed by atoms with van der Waals surface area (Å²) in [5.74, 6) is -0.276. The Labute approximate surface area is 139 Å². The average Bonchev–Trinajstić information content (AvgIpc) is 3.12. The number of H-pyrrole nitrogens is 1. The van der Waals surface area contributed by atoms with Crippen LogP contribution in [0, 0.1) is 0 Å². The van der Waals surface area contributed by atoms with Crippen LogP contribution in [0.25, 0.3) is 0 Å². The molecule has 2 aromatic rings. The maximum absolute atomic E-state index is 12.7. The second kappa shape index (κ2) is 6.38. The Hall–Kier alpha value is -2.77. The number of amides is 2. The van der Waals surface area contributed by atoms with Gasteiger partial charge in [0.05, 0.1) is 23.0 Å². The third kappa shape index (κ3) is 2.86. The molecule has 3 rings (SSSR count). The molecule has 0 radical (unpaired) electrons. The molecular weight excluding hydrogens is 308 g/mol. The number of aromatic nitrogens is 4. The van der Waals surface area contributed by atoms with Crippen molar-refractivity contribution in [3.63, 3.8) is 0 Å². The van der Waals surface area contributed by atoms with Crippen LogP contribution < -0.4 is 5.32 Å². The van der Waals surface area contributed by atoms with Crippen molar-refractivity contribution < 1.29 is 9.59 Å². The highest BCUT2D eigenvalue weighted by molar-refractivity contribution is 5.95. The molecule has 2 amide bonds. The zero-order chi connectivity index (χ0) is 17.2. The second-order valence-electron chi connectivity index (χ2n) is 6.26. The summed E-state index contributed by atoms with van der Waals surface area (Å²) in [6.07, 6.45) is 7.69. The van der Waals surface area contributed by atoms with Gasteiger partial charge < -0.3 is 10.2 Å². The lowest BCUT2D eigenvalue weighted by Crippen LogP contribution is -2.48. The Morgan fingerprint density at radius 1 is 1.29 bits per heavy atom. The Bertz CT molecular complexity index is 744. The van der Waals surface area contributed by atoms with Gasteiger partial charge in [-0.15, -0.1) is 0 Å². The van der Waals surface area contributed by atoms with Gasteiger partial charge in [-0.3, -0.25) is 14.7 Å². The monoisotopic (exact) mass is 328 g/mol. The molecule has 3 heterocycles. The summed E-state index contributed by atoms with van der Waals surface area (Å²) in [6.45, 7) is 3.23. The van der Waals surface area contributed by atoms with Crippen molar-refractivity contribution in [2.75, 3.05) is 20.1 Å². The zero-order valence-electron chi connectivity index (χ0n) is 13.7. The highest BCUT2D eigenvalue weighted by Gasteiger charge is 2.38. The Kier molecular flexibility index (Phi) is 4.28. The molecule has 0 bridgehead atoms. The van der Waals surface area contributed by atoms with Crippen LogP contribution in [0.4, 0.5) is 0 Å². The van der Waals surface area contributed by atoms with E-state index in [0.29, 0.717) is 24.2 Å². The van der Waals surface area contributed by atoms with Crippen LogP contribution >= 0.6 is 0 Å². The van der Waals surface area contributed by atoms with Gasteiger partial charge in [-0.1, -0.05) is 6.92 Å². The number of likely N-dealkylation sites (tertiary alicyclic amines) is 1. The van der Waals surface area contributed by atoms with E-state index in [-0.39, 0.29) is 17.2 Å². The van der Waals surface area contributed by atoms with Gasteiger partial charge in [0, 0.05) is 37.9 Å². The summed E-state index contributed by atoms with van der Waals surface area (Å²) in [5, 5.41) is 9.62. The Morgan fingerprint density at radius 3 is 2.75 bits per heavy atom. The molecule has 2 N–H and O–H groups in total. The minimum Gasteiger partial charge on any atom is -0.355 e. The van der Waals surface area contributed by atoms with Gasteiger partial charge in [0.2, 0.25) is 0 Å². The fourth-order valence-corrected chi connectivity index (χ4v) is 3.26. The molecule has 1 aliphatic rings. The second-order valence-corrected chi connectivity index (χ2v) is 6.26. The summed E-state index contributed by atoms with van der Waals surface area (Å²) < 4.78 is 0. The fraction of sp³-hybridized carbons (Fsp3) is 0.438. The highest BCUT2D eigenvalue weighted by atomic mass is 16.2. The number of carbonyl (C=O) groups is 2. The van der Waals surface area contributed by atoms with Crippen molar-refractivity contribution in [2.45, 2.75) is 25.2 Å². The van der Waals surface area contributed by atoms with Gasteiger partial charge in [-0.2, -0.15) is 5.10 Å². The van der Waals surface area contributed by atoms with Gasteiger partial charge in [0.15, 0.2) is 0 Å². The highest BCUT2D eigenvalue weighted by Crippen LogP contribution is 2.34. The standard InChI is InChI=1S/C16H20N6O2/c1-16(13-12(8-20-21-13)14(23)17-2)4-3-5-22(9-16)15(24)11-6-18-10-19-7-11/h6-8,10H,3-5,9H2,1-2H3,(H,17,23)(H,20,21). The first-order valence-corrected chi connectivity index (χ1v) is 7.85. The van der Waals surface area contributed by atoms with E-state index in [9.17, 15) is 9.59 Å². The quantitative estimate of drug-likeness (QED) is 0.865. The summed E-state index contributed by atoms with van der Waals surface area (Å²) in [7, 11) is 1.59. The molecular formula is C16H20N6O2. The Morgan fingerprint density at radius 2 is 2.04 bits per heavy atom. The largest absolute Gasteiger partial charge is 0.355 e. The van der Waals surface area contributed by atoms with E-state index in [1.54, 1.807) is 11.9 Å². The maximum atomic E-state index is 12.7. The predicted molar refractivity (Wildman–Crippen MR) is 86.5 cm³/mol. The minimum atomic E-state index is -0.359. The molecule has 126 valence electrons. The zero-order valence-corrected chi connectivity index (χ0v) is 13.7. The molecule has 8 nitrogen and oxygen atoms in total. The molecule has 2 aromatic heterocycles. The molecule has 1 fully saturated rings. The normalized spacial score (nSPS) is 20.7. The first kappa shape index (κ1) is 16.1. The number of hydrogen-bond acceptors (Lipinski definition) is 5. The molecule has 1 saturated heterocycles. The number of nitrogens with zero attached hydrogens (tertiary/aromatic N) is 4. The van der Waals surface area contributed by atoms with E-state index < -0.39 is 0 Å². The number of piperidine rings is 1. The molecule has 1 unspecified atom stereocenters. The first-order chi connectivity index (χ1) is 11.5. The minimum absolute atomic E-state index is 0.0949. The molecule has 0 spiro atoms. The van der Waals surface area contributed by atoms with Crippen molar-refractivity contribution in [1.29, 1.82) is 0 Å². The molecule has 0 saturated carbocycles. The third-order valence-electron chi connectivity index (χ3n) is 4.51. The maximum Gasteiger partial charge on any atom is 0.257 e. The SMILES string of the molecule is CNC(=O)c1cn[nH]c1C1(C)CCCN(C(=O)c2cncnc2)C1. The number of nitrogens with one attached hydrogen (secondary N) is 2. The molecule has 1 aliphatic heterocycles. The van der Waals surface area contributed by atoms with Crippen LogP contribution in [0.1, 0.15) is 46.2 Å². The topological polar surface area (TPSA) is 104 Å². The van der Waals surface area contributed by atoms with Gasteiger partial charge in [-0.05, 0) is 12.8 Å². The number of carbonyl (C=O) groups excluding carboxylic acids is 2. The van der Waals surface area contributed by atoms with Gasteiger partial charge >= 0.3 is 0 Å². The lowest BCUT2D eigenvalue weighted by atomic mass is 9.77. The van der Waals surface area contributed by atoms with E-state index >= 15 is 0 Å². The Balaban J connectivity index is 1.86. The van der Waals surface area contributed by atoms with Crippen molar-refractivity contribution in [2.24, 2.45) is 0 Å². The molecule has 1 atom stereocenters. The van der Waals surface area contributed by atoms with Gasteiger partial charge in [0.1, 0.15) is 6.33 Å². The van der Waals surface area contributed by atoms with Crippen LogP contribution in [0.3, 0.4) is 0 Å². The number of hydrogen-bond donors (Lipinski definition) is 2. The summed E-state index contributed by atoms with van der Waals surface area (Å²) >= 11 is 0. The van der Waals surface area contributed by atoms with E-state index in [1.807, 2.05) is 6.92 Å². The lowest BCUT2D eigenvalue weighted by Gasteiger charge is -2.40. The van der Waals surface area contributed by atoms with Crippen LogP contribution in [0.5, 0.6) is 0 Å². The molecule has 0 aliphatic carbocycles. The summed E-state index contributed by atoms with van der Waals surface area (Å²) in [5.41, 5.74) is 1.40. The predicted octanol–water partition coefficient (Wildman–Crippen LogP) is 0.753. The average molecular weight is 328 g/mol. The van der Waals surface area contributed by atoms with Gasteiger partial charge in [0.25, 0.3) is 11.8 Å². The van der Waals surface area contributed by atoms with Crippen molar-refractivity contribution in [1.82, 2.24) is 30.4 Å². The first-order valence-electron chi connectivity index (χ1n) is 7.85. The van der Waals surface area contributed by atoms with Crippen LogP contribution in [0.2, 0.25) is 0 Å². The van der Waals surface area contributed by atoms with E-state index in [4.69, 9.17) is 0 Å². The molecule has 24 heavy (non-hydrogen) atoms. The lowest BCUT2D eigenvalue weighted by molar-refractivity contribution is 0.0646. The fourth-order valence-electron chi connectivity index (χ4n) is 3.26. The van der Waals surface area contributed by atoms with E-state index in [1.165, 1.54) is 24.9 Å². The molecule has 8 heteroatoms. The van der Waals surface area contributed by atoms with Gasteiger partial charge in [-0.25, -0.2) is 9.97 Å². The molecule has 0 aromatic carbocycles. The van der Waals surface area contributed by atoms with Crippen molar-refractivity contribution in [3.05, 3.63) is 41.7 Å². The third-order valence-corrected chi connectivity index (χ3v) is 4.51. The van der Waals surface area contributed by atoms with Crippen molar-refractivity contribution in [3.8, 4) is 0 Å². The summed E-state index contributed by atoms with van der Waals surface area (Å²) in [4.78, 5) is 34.3. The van der Waals surface area contributed by atoms with Crippen LogP contribution in [-0.2, 0) is 5.41 Å². The number of rotatable bonds is 3.